The van der Waals surface area contributed by atoms with Crippen LogP contribution in [0.2, 0.25) is 0 Å². The Morgan fingerprint density at radius 2 is 1.95 bits per heavy atom. The molecule has 0 aliphatic heterocycles. The Morgan fingerprint density at radius 1 is 1.14 bits per heavy atom. The van der Waals surface area contributed by atoms with Crippen molar-refractivity contribution in [2.24, 2.45) is 28.6 Å². The number of carbonyl (C=O) groups excluding carboxylic acids is 1. The van der Waals surface area contributed by atoms with Crippen LogP contribution in [0.25, 0.3) is 0 Å². The summed E-state index contributed by atoms with van der Waals surface area (Å²) in [7, 11) is 0. The van der Waals surface area contributed by atoms with Crippen molar-refractivity contribution in [3.05, 3.63) is 11.6 Å². The van der Waals surface area contributed by atoms with Gasteiger partial charge in [-0.05, 0) is 69.1 Å². The summed E-state index contributed by atoms with van der Waals surface area (Å²) in [6.45, 7) is 2.12. The second kappa shape index (κ2) is 4.88. The van der Waals surface area contributed by atoms with E-state index in [4.69, 9.17) is 0 Å². The van der Waals surface area contributed by atoms with Crippen LogP contribution in [0.15, 0.2) is 11.6 Å². The van der Waals surface area contributed by atoms with Gasteiger partial charge < -0.3 is 0 Å². The SMILES string of the molecule is C[C@]12CCC3C(CCC4=CCCC[C@@]43C(F)F)C1CCC2=O. The van der Waals surface area contributed by atoms with Crippen molar-refractivity contribution in [1.82, 2.24) is 0 Å². The average molecular weight is 308 g/mol. The zero-order valence-electron chi connectivity index (χ0n) is 13.4. The molecule has 0 amide bonds. The lowest BCUT2D eigenvalue weighted by atomic mass is 9.47. The molecule has 0 aromatic heterocycles. The lowest BCUT2D eigenvalue weighted by molar-refractivity contribution is -0.139. The Labute approximate surface area is 131 Å². The number of alkyl halides is 2. The van der Waals surface area contributed by atoms with Crippen molar-refractivity contribution in [2.75, 3.05) is 0 Å². The smallest absolute Gasteiger partial charge is 0.248 e. The quantitative estimate of drug-likeness (QED) is 0.612. The Kier molecular flexibility index (Phi) is 3.29. The van der Waals surface area contributed by atoms with Gasteiger partial charge in [0.15, 0.2) is 0 Å². The van der Waals surface area contributed by atoms with E-state index in [1.165, 1.54) is 0 Å². The van der Waals surface area contributed by atoms with E-state index in [0.717, 1.165) is 50.5 Å². The highest BCUT2D eigenvalue weighted by atomic mass is 19.3. The summed E-state index contributed by atoms with van der Waals surface area (Å²) in [4.78, 5) is 12.3. The molecule has 4 rings (SSSR count). The van der Waals surface area contributed by atoms with Gasteiger partial charge in [0.2, 0.25) is 6.43 Å². The van der Waals surface area contributed by atoms with E-state index in [0.29, 0.717) is 30.5 Å². The van der Waals surface area contributed by atoms with Gasteiger partial charge in [-0.3, -0.25) is 4.79 Å². The number of rotatable bonds is 1. The van der Waals surface area contributed by atoms with Gasteiger partial charge >= 0.3 is 0 Å². The molecule has 4 aliphatic carbocycles. The van der Waals surface area contributed by atoms with Crippen LogP contribution in [0, 0.1) is 28.6 Å². The first-order valence-electron chi connectivity index (χ1n) is 9.01. The molecule has 1 nitrogen and oxygen atoms in total. The molecule has 3 fully saturated rings. The average Bonchev–Trinajstić information content (AvgIpc) is 2.82. The van der Waals surface area contributed by atoms with Gasteiger partial charge in [0, 0.05) is 11.8 Å². The fraction of sp³-hybridized carbons (Fsp3) is 0.842. The molecule has 4 aliphatic rings. The number of halogens is 2. The number of ketones is 1. The van der Waals surface area contributed by atoms with E-state index in [9.17, 15) is 13.6 Å². The first kappa shape index (κ1) is 14.8. The molecule has 5 atom stereocenters. The minimum absolute atomic E-state index is 0.108. The van der Waals surface area contributed by atoms with Crippen molar-refractivity contribution in [1.29, 1.82) is 0 Å². The van der Waals surface area contributed by atoms with Gasteiger partial charge in [-0.25, -0.2) is 8.78 Å². The molecule has 0 bridgehead atoms. The Balaban J connectivity index is 1.74. The molecule has 0 saturated heterocycles. The molecule has 0 spiro atoms. The second-order valence-electron chi connectivity index (χ2n) is 8.30. The van der Waals surface area contributed by atoms with Crippen LogP contribution in [0.1, 0.15) is 64.7 Å². The third-order valence-corrected chi connectivity index (χ3v) is 7.73. The minimum atomic E-state index is -2.24. The fourth-order valence-corrected chi connectivity index (χ4v) is 6.61. The maximum absolute atomic E-state index is 14.2. The van der Waals surface area contributed by atoms with Crippen LogP contribution < -0.4 is 0 Å². The van der Waals surface area contributed by atoms with Crippen molar-refractivity contribution < 1.29 is 13.6 Å². The highest BCUT2D eigenvalue weighted by molar-refractivity contribution is 5.87. The van der Waals surface area contributed by atoms with E-state index in [2.05, 4.69) is 13.0 Å². The summed E-state index contributed by atoms with van der Waals surface area (Å²) in [6.07, 6.45) is 7.56. The Morgan fingerprint density at radius 3 is 2.73 bits per heavy atom. The number of Topliss-reactive ketones (excluding diaryl/α,β-unsaturated/α-hetero) is 1. The maximum Gasteiger partial charge on any atom is 0.248 e. The highest BCUT2D eigenvalue weighted by Gasteiger charge is 2.62. The second-order valence-corrected chi connectivity index (χ2v) is 8.30. The third-order valence-electron chi connectivity index (χ3n) is 7.73. The number of hydrogen-bond acceptors (Lipinski definition) is 1. The highest BCUT2D eigenvalue weighted by Crippen LogP contribution is 2.66. The van der Waals surface area contributed by atoms with Crippen molar-refractivity contribution in [2.45, 2.75) is 71.1 Å². The third kappa shape index (κ3) is 1.71. The van der Waals surface area contributed by atoms with Crippen LogP contribution in [0.4, 0.5) is 8.78 Å². The molecule has 122 valence electrons. The molecule has 0 heterocycles. The van der Waals surface area contributed by atoms with Gasteiger partial charge in [0.05, 0.1) is 5.41 Å². The summed E-state index contributed by atoms with van der Waals surface area (Å²) in [5, 5.41) is 0. The van der Waals surface area contributed by atoms with Gasteiger partial charge in [-0.2, -0.15) is 0 Å². The van der Waals surface area contributed by atoms with Crippen LogP contribution in [-0.2, 0) is 4.79 Å². The number of fused-ring (bicyclic) bond motifs is 5. The van der Waals surface area contributed by atoms with Crippen LogP contribution in [-0.4, -0.2) is 12.2 Å². The molecule has 3 heteroatoms. The summed E-state index contributed by atoms with van der Waals surface area (Å²) >= 11 is 0. The Hall–Kier alpha value is -0.730. The first-order valence-corrected chi connectivity index (χ1v) is 9.01. The van der Waals surface area contributed by atoms with E-state index in [-0.39, 0.29) is 11.3 Å². The first-order chi connectivity index (χ1) is 10.5. The van der Waals surface area contributed by atoms with E-state index < -0.39 is 11.8 Å². The van der Waals surface area contributed by atoms with Crippen molar-refractivity contribution >= 4 is 5.78 Å². The molecule has 0 N–H and O–H groups in total. The minimum Gasteiger partial charge on any atom is -0.299 e. The largest absolute Gasteiger partial charge is 0.299 e. The van der Waals surface area contributed by atoms with Crippen LogP contribution in [0.3, 0.4) is 0 Å². The molecule has 0 aromatic carbocycles. The molecule has 0 aromatic rings. The molecule has 22 heavy (non-hydrogen) atoms. The standard InChI is InChI=1S/C19H26F2O/c1-18-11-9-15-13(14(18)7-8-16(18)22)6-5-12-4-2-3-10-19(12,15)17(20)21/h4,13-15,17H,2-3,5-11H2,1H3/t13?,14?,15?,18-,19+/m0/s1. The lowest BCUT2D eigenvalue weighted by Gasteiger charge is -2.57. The van der Waals surface area contributed by atoms with E-state index >= 15 is 0 Å². The summed E-state index contributed by atoms with van der Waals surface area (Å²) in [5.41, 5.74) is -0.00275. The molecule has 3 unspecified atom stereocenters. The van der Waals surface area contributed by atoms with Gasteiger partial charge in [-0.15, -0.1) is 0 Å². The van der Waals surface area contributed by atoms with Crippen molar-refractivity contribution in [3.63, 3.8) is 0 Å². The van der Waals surface area contributed by atoms with E-state index in [1.54, 1.807) is 0 Å². The maximum atomic E-state index is 14.2. The zero-order chi connectivity index (χ0) is 15.5. The predicted molar refractivity (Wildman–Crippen MR) is 81.7 cm³/mol. The molecular weight excluding hydrogens is 282 g/mol. The normalized spacial score (nSPS) is 47.7. The van der Waals surface area contributed by atoms with Gasteiger partial charge in [0.1, 0.15) is 5.78 Å². The summed E-state index contributed by atoms with van der Waals surface area (Å²) < 4.78 is 28.5. The number of allylic oxidation sites excluding steroid dienone is 2. The molecule has 3 saturated carbocycles. The fourth-order valence-electron chi connectivity index (χ4n) is 6.61. The molecule has 0 radical (unpaired) electrons. The zero-order valence-corrected chi connectivity index (χ0v) is 13.4. The van der Waals surface area contributed by atoms with Crippen LogP contribution >= 0.6 is 0 Å². The molecular formula is C19H26F2O. The lowest BCUT2D eigenvalue weighted by Crippen LogP contribution is -2.53. The Bertz CT molecular complexity index is 526. The number of hydrogen-bond donors (Lipinski definition) is 0. The topological polar surface area (TPSA) is 17.1 Å². The van der Waals surface area contributed by atoms with Gasteiger partial charge in [-0.1, -0.05) is 18.6 Å². The summed E-state index contributed by atoms with van der Waals surface area (Å²) in [5.74, 6) is 1.20. The monoisotopic (exact) mass is 308 g/mol. The van der Waals surface area contributed by atoms with E-state index in [1.807, 2.05) is 0 Å². The summed E-state index contributed by atoms with van der Waals surface area (Å²) in [6, 6.07) is 0. The van der Waals surface area contributed by atoms with Crippen LogP contribution in [0.5, 0.6) is 0 Å². The number of carbonyl (C=O) groups is 1. The predicted octanol–water partition coefficient (Wildman–Crippen LogP) is 5.15. The van der Waals surface area contributed by atoms with Gasteiger partial charge in [0.25, 0.3) is 0 Å². The van der Waals surface area contributed by atoms with Crippen molar-refractivity contribution in [3.8, 4) is 0 Å².